The summed E-state index contributed by atoms with van der Waals surface area (Å²) in [6.45, 7) is 8.75. The van der Waals surface area contributed by atoms with Gasteiger partial charge in [-0.2, -0.15) is 0 Å². The van der Waals surface area contributed by atoms with Crippen LogP contribution in [-0.2, 0) is 0 Å². The zero-order valence-electron chi connectivity index (χ0n) is 8.47. The van der Waals surface area contributed by atoms with Gasteiger partial charge in [-0.3, -0.25) is 14.7 Å². The second-order valence-electron chi connectivity index (χ2n) is 4.30. The molecule has 0 saturated heterocycles. The third-order valence-corrected chi connectivity index (χ3v) is 0.728. The topological polar surface area (TPSA) is 65.7 Å². The molecular formula is C9H16N2O2. The van der Waals surface area contributed by atoms with Crippen molar-refractivity contribution in [3.63, 3.8) is 0 Å². The van der Waals surface area contributed by atoms with Crippen molar-refractivity contribution < 1.29 is 0 Å². The molecule has 0 unspecified atom stereocenters. The fourth-order valence-corrected chi connectivity index (χ4v) is 0.362. The van der Waals surface area contributed by atoms with E-state index in [0.717, 1.165) is 0 Å². The van der Waals surface area contributed by atoms with Crippen LogP contribution in [0, 0.1) is 5.41 Å². The molecule has 0 atom stereocenters. The minimum Gasteiger partial charge on any atom is -0.305 e. The SMILES string of the molecule is CC(C)(C)C.O=c1cc[nH][nH]c1=O. The van der Waals surface area contributed by atoms with E-state index < -0.39 is 11.0 Å². The van der Waals surface area contributed by atoms with Crippen molar-refractivity contribution in [3.05, 3.63) is 32.8 Å². The third-order valence-electron chi connectivity index (χ3n) is 0.728. The molecule has 0 aromatic carbocycles. The van der Waals surface area contributed by atoms with Crippen molar-refractivity contribution in [2.45, 2.75) is 27.7 Å². The molecule has 0 radical (unpaired) electrons. The molecule has 0 fully saturated rings. The second kappa shape index (κ2) is 4.64. The van der Waals surface area contributed by atoms with Gasteiger partial charge < -0.3 is 5.10 Å². The zero-order chi connectivity index (χ0) is 10.5. The molecule has 1 aromatic heterocycles. The standard InChI is InChI=1S/C5H12.C4H4N2O2/c1-5(2,3)4;7-3-1-2-5-6-4(3)8/h1-4H3;1-2H,(H,5,7)(H,6,8). The van der Waals surface area contributed by atoms with Crippen molar-refractivity contribution in [1.29, 1.82) is 0 Å². The summed E-state index contributed by atoms with van der Waals surface area (Å²) in [5, 5.41) is 4.47. The molecule has 4 nitrogen and oxygen atoms in total. The summed E-state index contributed by atoms with van der Waals surface area (Å²) in [6.07, 6.45) is 1.36. The van der Waals surface area contributed by atoms with Crippen molar-refractivity contribution >= 4 is 0 Å². The fourth-order valence-electron chi connectivity index (χ4n) is 0.362. The van der Waals surface area contributed by atoms with Crippen molar-refractivity contribution in [2.75, 3.05) is 0 Å². The van der Waals surface area contributed by atoms with E-state index in [1.807, 2.05) is 0 Å². The highest BCUT2D eigenvalue weighted by Gasteiger charge is 1.95. The smallest absolute Gasteiger partial charge is 0.305 e. The molecule has 1 aromatic rings. The van der Waals surface area contributed by atoms with Gasteiger partial charge in [-0.05, 0) is 5.41 Å². The Morgan fingerprint density at radius 2 is 1.62 bits per heavy atom. The van der Waals surface area contributed by atoms with Crippen molar-refractivity contribution in [1.82, 2.24) is 10.2 Å². The first-order chi connectivity index (χ1) is 5.80. The lowest BCUT2D eigenvalue weighted by Gasteiger charge is -2.05. The summed E-state index contributed by atoms with van der Waals surface area (Å²) in [5.74, 6) is 0. The molecule has 1 heterocycles. The average Bonchev–Trinajstić information content (AvgIpc) is 1.92. The Labute approximate surface area is 77.0 Å². The number of rotatable bonds is 0. The number of hydrogen-bond donors (Lipinski definition) is 2. The van der Waals surface area contributed by atoms with E-state index in [0.29, 0.717) is 5.41 Å². The van der Waals surface area contributed by atoms with Crippen LogP contribution in [0.25, 0.3) is 0 Å². The molecule has 74 valence electrons. The Balaban J connectivity index is 0.000000252. The second-order valence-corrected chi connectivity index (χ2v) is 4.30. The van der Waals surface area contributed by atoms with Crippen LogP contribution < -0.4 is 11.0 Å². The van der Waals surface area contributed by atoms with Crippen LogP contribution in [0.1, 0.15) is 27.7 Å². The van der Waals surface area contributed by atoms with E-state index in [4.69, 9.17) is 0 Å². The Bertz CT molecular complexity index is 308. The minimum atomic E-state index is -0.618. The van der Waals surface area contributed by atoms with E-state index in [2.05, 4.69) is 37.9 Å². The van der Waals surface area contributed by atoms with Gasteiger partial charge >= 0.3 is 5.56 Å². The van der Waals surface area contributed by atoms with Crippen LogP contribution in [0.2, 0.25) is 0 Å². The first kappa shape index (κ1) is 11.7. The van der Waals surface area contributed by atoms with Crippen molar-refractivity contribution in [3.8, 4) is 0 Å². The molecule has 0 aliphatic heterocycles. The van der Waals surface area contributed by atoms with E-state index >= 15 is 0 Å². The van der Waals surface area contributed by atoms with Gasteiger partial charge in [0.2, 0.25) is 5.43 Å². The maximum Gasteiger partial charge on any atom is 0.310 e. The maximum atomic E-state index is 10.3. The summed E-state index contributed by atoms with van der Waals surface area (Å²) >= 11 is 0. The van der Waals surface area contributed by atoms with Gasteiger partial charge in [-0.1, -0.05) is 27.7 Å². The van der Waals surface area contributed by atoms with Gasteiger partial charge in [0.25, 0.3) is 0 Å². The molecule has 0 aliphatic rings. The van der Waals surface area contributed by atoms with E-state index in [1.54, 1.807) is 0 Å². The van der Waals surface area contributed by atoms with Gasteiger partial charge in [-0.15, -0.1) is 0 Å². The van der Waals surface area contributed by atoms with Gasteiger partial charge in [0.05, 0.1) is 0 Å². The summed E-state index contributed by atoms with van der Waals surface area (Å²) in [6, 6.07) is 1.17. The van der Waals surface area contributed by atoms with Crippen LogP contribution in [0.3, 0.4) is 0 Å². The van der Waals surface area contributed by atoms with Crippen molar-refractivity contribution in [2.24, 2.45) is 5.41 Å². The van der Waals surface area contributed by atoms with Crippen LogP contribution in [0.15, 0.2) is 21.9 Å². The Hall–Kier alpha value is -1.32. The molecule has 0 amide bonds. The highest BCUT2D eigenvalue weighted by Crippen LogP contribution is 2.07. The monoisotopic (exact) mass is 184 g/mol. The number of aromatic amines is 2. The zero-order valence-corrected chi connectivity index (χ0v) is 8.47. The Kier molecular flexibility index (Phi) is 4.17. The minimum absolute atomic E-state index is 0.500. The lowest BCUT2D eigenvalue weighted by Crippen LogP contribution is -2.25. The molecule has 1 rings (SSSR count). The summed E-state index contributed by atoms with van der Waals surface area (Å²) in [5.41, 5.74) is -0.642. The van der Waals surface area contributed by atoms with Crippen LogP contribution >= 0.6 is 0 Å². The quantitative estimate of drug-likeness (QED) is 0.593. The lowest BCUT2D eigenvalue weighted by molar-refractivity contribution is 0.469. The molecule has 2 N–H and O–H groups in total. The molecule has 0 spiro atoms. The van der Waals surface area contributed by atoms with E-state index in [1.165, 1.54) is 12.3 Å². The largest absolute Gasteiger partial charge is 0.310 e. The molecule has 0 aliphatic carbocycles. The number of hydrogen-bond acceptors (Lipinski definition) is 2. The average molecular weight is 184 g/mol. The first-order valence-corrected chi connectivity index (χ1v) is 4.07. The van der Waals surface area contributed by atoms with E-state index in [9.17, 15) is 9.59 Å². The fraction of sp³-hybridized carbons (Fsp3) is 0.556. The molecule has 0 saturated carbocycles. The molecule has 4 heteroatoms. The molecule has 13 heavy (non-hydrogen) atoms. The Morgan fingerprint density at radius 3 is 1.85 bits per heavy atom. The van der Waals surface area contributed by atoms with Crippen LogP contribution in [0.4, 0.5) is 0 Å². The predicted octanol–water partition coefficient (Wildman–Crippen LogP) is 1.12. The predicted molar refractivity (Wildman–Crippen MR) is 52.8 cm³/mol. The third kappa shape index (κ3) is 8.59. The van der Waals surface area contributed by atoms with Gasteiger partial charge in [0.1, 0.15) is 0 Å². The molecule has 0 bridgehead atoms. The number of aromatic nitrogens is 2. The van der Waals surface area contributed by atoms with Gasteiger partial charge in [0, 0.05) is 12.3 Å². The number of nitrogens with one attached hydrogen (secondary N) is 2. The van der Waals surface area contributed by atoms with Crippen LogP contribution in [-0.4, -0.2) is 10.2 Å². The molecular weight excluding hydrogens is 168 g/mol. The highest BCUT2D eigenvalue weighted by atomic mass is 16.2. The van der Waals surface area contributed by atoms with E-state index in [-0.39, 0.29) is 0 Å². The van der Waals surface area contributed by atoms with Crippen LogP contribution in [0.5, 0.6) is 0 Å². The van der Waals surface area contributed by atoms with Gasteiger partial charge in [-0.25, -0.2) is 0 Å². The lowest BCUT2D eigenvalue weighted by atomic mass is 10.0. The number of H-pyrrole nitrogens is 2. The highest BCUT2D eigenvalue weighted by molar-refractivity contribution is 4.83. The maximum absolute atomic E-state index is 10.3. The summed E-state index contributed by atoms with van der Waals surface area (Å²) < 4.78 is 0. The summed E-state index contributed by atoms with van der Waals surface area (Å²) in [4.78, 5) is 20.5. The van der Waals surface area contributed by atoms with Gasteiger partial charge in [0.15, 0.2) is 0 Å². The first-order valence-electron chi connectivity index (χ1n) is 4.07. The Morgan fingerprint density at radius 1 is 1.15 bits per heavy atom. The normalized spacial score (nSPS) is 10.2. The summed E-state index contributed by atoms with van der Waals surface area (Å²) in [7, 11) is 0.